The van der Waals surface area contributed by atoms with Gasteiger partial charge in [-0.2, -0.15) is 0 Å². The molecule has 1 atom stereocenters. The van der Waals surface area contributed by atoms with Gasteiger partial charge in [-0.15, -0.1) is 0 Å². The Hall–Kier alpha value is -1.40. The number of carbonyl (C=O) groups is 1. The van der Waals surface area contributed by atoms with Crippen molar-refractivity contribution in [3.8, 4) is 0 Å². The summed E-state index contributed by atoms with van der Waals surface area (Å²) in [5.41, 5.74) is 0. The molecule has 0 radical (unpaired) electrons. The van der Waals surface area contributed by atoms with Crippen molar-refractivity contribution in [1.82, 2.24) is 24.7 Å². The van der Waals surface area contributed by atoms with Gasteiger partial charge in [-0.3, -0.25) is 9.69 Å². The first-order valence-electron chi connectivity index (χ1n) is 9.47. The molecule has 1 aromatic rings. The molecule has 2 heterocycles. The van der Waals surface area contributed by atoms with Crippen LogP contribution in [-0.4, -0.2) is 63.5 Å². The van der Waals surface area contributed by atoms with E-state index in [0.717, 1.165) is 25.5 Å². The zero-order chi connectivity index (χ0) is 16.5. The van der Waals surface area contributed by atoms with Crippen molar-refractivity contribution in [2.24, 2.45) is 7.05 Å². The summed E-state index contributed by atoms with van der Waals surface area (Å²) in [6.07, 6.45) is 11.2. The zero-order valence-corrected chi connectivity index (χ0v) is 14.7. The van der Waals surface area contributed by atoms with Gasteiger partial charge in [0.05, 0.1) is 12.6 Å². The number of aryl methyl sites for hydroxylation is 1. The van der Waals surface area contributed by atoms with Gasteiger partial charge in [-0.1, -0.05) is 12.8 Å². The predicted octanol–water partition coefficient (Wildman–Crippen LogP) is 1.30. The molecule has 3 fully saturated rings. The fraction of sp³-hybridized carbons (Fsp3) is 0.778. The topological polar surface area (TPSA) is 53.4 Å². The second-order valence-electron chi connectivity index (χ2n) is 7.56. The van der Waals surface area contributed by atoms with Gasteiger partial charge in [0.15, 0.2) is 0 Å². The predicted molar refractivity (Wildman–Crippen MR) is 92.5 cm³/mol. The van der Waals surface area contributed by atoms with Crippen LogP contribution < -0.4 is 5.32 Å². The van der Waals surface area contributed by atoms with Crippen LogP contribution in [0.4, 0.5) is 0 Å². The lowest BCUT2D eigenvalue weighted by Crippen LogP contribution is -2.52. The maximum atomic E-state index is 13.1. The minimum Gasteiger partial charge on any atom is -0.337 e. The summed E-state index contributed by atoms with van der Waals surface area (Å²) >= 11 is 0. The molecule has 6 heteroatoms. The Labute approximate surface area is 144 Å². The van der Waals surface area contributed by atoms with E-state index < -0.39 is 0 Å². The maximum absolute atomic E-state index is 13.1. The molecule has 1 saturated heterocycles. The van der Waals surface area contributed by atoms with Crippen molar-refractivity contribution in [2.75, 3.05) is 26.2 Å². The number of rotatable bonds is 5. The third-order valence-corrected chi connectivity index (χ3v) is 5.80. The minimum atomic E-state index is 0.187. The van der Waals surface area contributed by atoms with E-state index in [0.29, 0.717) is 24.5 Å². The molecule has 1 aromatic heterocycles. The lowest BCUT2D eigenvalue weighted by molar-refractivity contribution is -0.136. The van der Waals surface area contributed by atoms with Gasteiger partial charge < -0.3 is 14.8 Å². The molecule has 1 aliphatic heterocycles. The molecule has 0 aromatic carbocycles. The number of imidazole rings is 1. The Bertz CT molecular complexity index is 576. The Balaban J connectivity index is 1.47. The third kappa shape index (κ3) is 3.22. The van der Waals surface area contributed by atoms with Gasteiger partial charge in [0.25, 0.3) is 0 Å². The number of amides is 1. The van der Waals surface area contributed by atoms with Crippen molar-refractivity contribution in [3.63, 3.8) is 0 Å². The highest BCUT2D eigenvalue weighted by Gasteiger charge is 2.39. The number of hydrogen-bond acceptors (Lipinski definition) is 4. The molecule has 24 heavy (non-hydrogen) atoms. The summed E-state index contributed by atoms with van der Waals surface area (Å²) in [4.78, 5) is 22.2. The fourth-order valence-corrected chi connectivity index (χ4v) is 4.38. The fourth-order valence-electron chi connectivity index (χ4n) is 4.38. The SMILES string of the molecule is Cn1ccnc1C1CNCCN1CC(=O)N(C1CCCC1)C1CC1. The van der Waals surface area contributed by atoms with Gasteiger partial charge in [0.2, 0.25) is 5.91 Å². The van der Waals surface area contributed by atoms with Crippen LogP contribution >= 0.6 is 0 Å². The summed E-state index contributed by atoms with van der Waals surface area (Å²) < 4.78 is 2.07. The van der Waals surface area contributed by atoms with Crippen LogP contribution in [0, 0.1) is 0 Å². The van der Waals surface area contributed by atoms with Crippen LogP contribution in [-0.2, 0) is 11.8 Å². The van der Waals surface area contributed by atoms with Crippen LogP contribution in [0.2, 0.25) is 0 Å². The molecular formula is C18H29N5O. The highest BCUT2D eigenvalue weighted by Crippen LogP contribution is 2.35. The quantitative estimate of drug-likeness (QED) is 0.884. The average molecular weight is 331 g/mol. The van der Waals surface area contributed by atoms with Crippen LogP contribution in [0.1, 0.15) is 50.4 Å². The first-order chi connectivity index (χ1) is 11.7. The van der Waals surface area contributed by atoms with E-state index in [2.05, 4.69) is 24.7 Å². The summed E-state index contributed by atoms with van der Waals surface area (Å²) in [6.45, 7) is 3.25. The molecule has 1 unspecified atom stereocenters. The molecule has 6 nitrogen and oxygen atoms in total. The molecule has 3 aliphatic rings. The molecule has 2 saturated carbocycles. The maximum Gasteiger partial charge on any atom is 0.237 e. The van der Waals surface area contributed by atoms with Gasteiger partial charge in [-0.25, -0.2) is 4.98 Å². The van der Waals surface area contributed by atoms with E-state index in [-0.39, 0.29) is 6.04 Å². The monoisotopic (exact) mass is 331 g/mol. The average Bonchev–Trinajstić information content (AvgIpc) is 3.07. The number of carbonyl (C=O) groups excluding carboxylic acids is 1. The summed E-state index contributed by atoms with van der Waals surface area (Å²) in [5, 5.41) is 3.45. The minimum absolute atomic E-state index is 0.187. The number of nitrogens with one attached hydrogen (secondary N) is 1. The summed E-state index contributed by atoms with van der Waals surface area (Å²) in [7, 11) is 2.03. The van der Waals surface area contributed by atoms with Crippen LogP contribution in [0.3, 0.4) is 0 Å². The molecule has 4 rings (SSSR count). The smallest absolute Gasteiger partial charge is 0.237 e. The van der Waals surface area contributed by atoms with E-state index in [4.69, 9.17) is 0 Å². The second kappa shape index (κ2) is 6.84. The highest BCUT2D eigenvalue weighted by atomic mass is 16.2. The molecular weight excluding hydrogens is 302 g/mol. The van der Waals surface area contributed by atoms with E-state index in [1.54, 1.807) is 0 Å². The zero-order valence-electron chi connectivity index (χ0n) is 14.7. The molecule has 1 amide bonds. The Kier molecular flexibility index (Phi) is 4.59. The van der Waals surface area contributed by atoms with E-state index in [1.807, 2.05) is 19.4 Å². The van der Waals surface area contributed by atoms with E-state index >= 15 is 0 Å². The van der Waals surface area contributed by atoms with E-state index in [9.17, 15) is 4.79 Å². The van der Waals surface area contributed by atoms with Crippen molar-refractivity contribution in [2.45, 2.75) is 56.7 Å². The van der Waals surface area contributed by atoms with Crippen molar-refractivity contribution in [3.05, 3.63) is 18.2 Å². The van der Waals surface area contributed by atoms with Crippen molar-refractivity contribution >= 4 is 5.91 Å². The Morgan fingerprint density at radius 2 is 2.04 bits per heavy atom. The molecule has 2 aliphatic carbocycles. The highest BCUT2D eigenvalue weighted by molar-refractivity contribution is 5.79. The van der Waals surface area contributed by atoms with E-state index in [1.165, 1.54) is 38.5 Å². The van der Waals surface area contributed by atoms with Crippen LogP contribution in [0.25, 0.3) is 0 Å². The molecule has 1 N–H and O–H groups in total. The molecule has 132 valence electrons. The first kappa shape index (κ1) is 16.1. The number of hydrogen-bond donors (Lipinski definition) is 1. The Morgan fingerprint density at radius 3 is 2.71 bits per heavy atom. The van der Waals surface area contributed by atoms with Gasteiger partial charge in [0.1, 0.15) is 5.82 Å². The summed E-state index contributed by atoms with van der Waals surface area (Å²) in [6, 6.07) is 1.21. The Morgan fingerprint density at radius 1 is 1.29 bits per heavy atom. The third-order valence-electron chi connectivity index (χ3n) is 5.80. The van der Waals surface area contributed by atoms with Crippen molar-refractivity contribution < 1.29 is 4.79 Å². The van der Waals surface area contributed by atoms with Gasteiger partial charge >= 0.3 is 0 Å². The van der Waals surface area contributed by atoms with Crippen molar-refractivity contribution in [1.29, 1.82) is 0 Å². The van der Waals surface area contributed by atoms with Gasteiger partial charge in [-0.05, 0) is 25.7 Å². The number of aromatic nitrogens is 2. The summed E-state index contributed by atoms with van der Waals surface area (Å²) in [5.74, 6) is 1.39. The number of nitrogens with zero attached hydrogens (tertiary/aromatic N) is 4. The van der Waals surface area contributed by atoms with Gasteiger partial charge in [0, 0.05) is 51.2 Å². The lowest BCUT2D eigenvalue weighted by Gasteiger charge is -2.37. The lowest BCUT2D eigenvalue weighted by atomic mass is 10.1. The standard InChI is InChI=1S/C18H29N5O/c1-21-10-9-20-18(21)16-12-19-8-11-22(16)13-17(24)23(15-6-7-15)14-4-2-3-5-14/h9-10,14-16,19H,2-8,11-13H2,1H3. The molecule has 0 spiro atoms. The van der Waals surface area contributed by atoms with Crippen LogP contribution in [0.5, 0.6) is 0 Å². The number of piperazine rings is 1. The normalized spacial score (nSPS) is 26.0. The largest absolute Gasteiger partial charge is 0.337 e. The first-order valence-corrected chi connectivity index (χ1v) is 9.47. The molecule has 0 bridgehead atoms. The van der Waals surface area contributed by atoms with Crippen LogP contribution in [0.15, 0.2) is 12.4 Å². The second-order valence-corrected chi connectivity index (χ2v) is 7.56.